The Morgan fingerprint density at radius 1 is 1.00 bits per heavy atom. The molecule has 10 nitrogen and oxygen atoms in total. The minimum absolute atomic E-state index is 0.0854. The van der Waals surface area contributed by atoms with E-state index < -0.39 is 39.1 Å². The van der Waals surface area contributed by atoms with Crippen LogP contribution in [0.1, 0.15) is 22.3 Å². The lowest BCUT2D eigenvalue weighted by molar-refractivity contribution is -0.394. The van der Waals surface area contributed by atoms with E-state index in [4.69, 9.17) is 0 Å². The molecule has 0 unspecified atom stereocenters. The Hall–Kier alpha value is -3.82. The predicted octanol–water partition coefficient (Wildman–Crippen LogP) is 2.32. The number of carbonyl (C=O) groups excluding carboxylic acids is 1. The number of rotatable bonds is 8. The van der Waals surface area contributed by atoms with Crippen molar-refractivity contribution in [2.24, 2.45) is 0 Å². The Morgan fingerprint density at radius 2 is 1.56 bits per heavy atom. The molecule has 0 spiro atoms. The molecule has 0 aromatic heterocycles. The number of benzene rings is 2. The third-order valence-corrected chi connectivity index (χ3v) is 3.75. The molecule has 140 valence electrons. The average Bonchev–Trinajstić information content (AvgIpc) is 2.65. The van der Waals surface area contributed by atoms with Gasteiger partial charge in [-0.25, -0.2) is 4.79 Å². The topological polar surface area (TPSA) is 153 Å². The van der Waals surface area contributed by atoms with Gasteiger partial charge in [-0.05, 0) is 18.4 Å². The van der Waals surface area contributed by atoms with Crippen LogP contribution in [0.3, 0.4) is 0 Å². The van der Waals surface area contributed by atoms with E-state index in [1.165, 1.54) is 0 Å². The van der Waals surface area contributed by atoms with Gasteiger partial charge in [-0.2, -0.15) is 0 Å². The van der Waals surface area contributed by atoms with E-state index >= 15 is 0 Å². The maximum Gasteiger partial charge on any atom is 0.326 e. The van der Waals surface area contributed by atoms with Crippen molar-refractivity contribution >= 4 is 23.3 Å². The van der Waals surface area contributed by atoms with Crippen LogP contribution in [0.25, 0.3) is 0 Å². The monoisotopic (exact) mass is 373 g/mol. The maximum absolute atomic E-state index is 12.3. The normalized spacial score (nSPS) is 11.4. The molecule has 10 heteroatoms. The number of carboxylic acids is 1. The van der Waals surface area contributed by atoms with E-state index in [0.717, 1.165) is 23.8 Å². The number of carboxylic acid groups (broad SMARTS) is 1. The molecule has 0 saturated carbocycles. The third-order valence-electron chi connectivity index (χ3n) is 3.75. The molecular weight excluding hydrogens is 358 g/mol. The number of aryl methyl sites for hydroxylation is 1. The van der Waals surface area contributed by atoms with Gasteiger partial charge >= 0.3 is 5.97 Å². The van der Waals surface area contributed by atoms with Gasteiger partial charge in [0, 0.05) is 12.1 Å². The molecule has 2 aromatic carbocycles. The SMILES string of the molecule is O=C(N[C@@H](CCc1ccccc1)C(=O)O)c1cc([N+](=O)[O-])cc([N+](=O)[O-])c1. The number of nitrogens with zero attached hydrogens (tertiary/aromatic N) is 2. The largest absolute Gasteiger partial charge is 0.480 e. The minimum atomic E-state index is -1.28. The Labute approximate surface area is 152 Å². The summed E-state index contributed by atoms with van der Waals surface area (Å²) < 4.78 is 0. The van der Waals surface area contributed by atoms with Crippen molar-refractivity contribution in [1.29, 1.82) is 0 Å². The first-order chi connectivity index (χ1) is 12.8. The van der Waals surface area contributed by atoms with E-state index in [2.05, 4.69) is 5.32 Å². The van der Waals surface area contributed by atoms with E-state index in [1.54, 1.807) is 12.1 Å². The number of nitro groups is 2. The first-order valence-electron chi connectivity index (χ1n) is 7.79. The fraction of sp³-hybridized carbons (Fsp3) is 0.176. The second kappa shape index (κ2) is 8.52. The smallest absolute Gasteiger partial charge is 0.326 e. The van der Waals surface area contributed by atoms with Crippen LogP contribution in [-0.4, -0.2) is 32.9 Å². The van der Waals surface area contributed by atoms with Crippen LogP contribution in [0.4, 0.5) is 11.4 Å². The van der Waals surface area contributed by atoms with Crippen molar-refractivity contribution in [3.8, 4) is 0 Å². The number of non-ortho nitro benzene ring substituents is 2. The zero-order valence-corrected chi connectivity index (χ0v) is 13.9. The molecule has 27 heavy (non-hydrogen) atoms. The highest BCUT2D eigenvalue weighted by atomic mass is 16.6. The summed E-state index contributed by atoms with van der Waals surface area (Å²) in [4.78, 5) is 43.8. The van der Waals surface area contributed by atoms with Gasteiger partial charge in [0.1, 0.15) is 6.04 Å². The lowest BCUT2D eigenvalue weighted by atomic mass is 10.0. The molecule has 2 rings (SSSR count). The van der Waals surface area contributed by atoms with Gasteiger partial charge in [0.25, 0.3) is 17.3 Å². The summed E-state index contributed by atoms with van der Waals surface area (Å²) in [5.74, 6) is -2.22. The number of nitro benzene ring substituents is 2. The summed E-state index contributed by atoms with van der Waals surface area (Å²) in [6.45, 7) is 0. The fourth-order valence-corrected chi connectivity index (χ4v) is 2.39. The molecule has 0 saturated heterocycles. The van der Waals surface area contributed by atoms with E-state index in [0.29, 0.717) is 6.42 Å². The minimum Gasteiger partial charge on any atom is -0.480 e. The molecule has 0 aliphatic rings. The summed E-state index contributed by atoms with van der Waals surface area (Å²) >= 11 is 0. The zero-order valence-electron chi connectivity index (χ0n) is 13.9. The second-order valence-corrected chi connectivity index (χ2v) is 5.64. The molecule has 0 heterocycles. The highest BCUT2D eigenvalue weighted by Crippen LogP contribution is 2.22. The molecule has 2 aromatic rings. The van der Waals surface area contributed by atoms with Gasteiger partial charge in [0.15, 0.2) is 0 Å². The molecule has 1 atom stereocenters. The molecular formula is C17H15N3O7. The Kier molecular flexibility index (Phi) is 6.15. The summed E-state index contributed by atoms with van der Waals surface area (Å²) in [5, 5.41) is 33.3. The predicted molar refractivity (Wildman–Crippen MR) is 93.4 cm³/mol. The maximum atomic E-state index is 12.3. The molecule has 0 fully saturated rings. The summed E-state index contributed by atoms with van der Waals surface area (Å²) in [6, 6.07) is 10.2. The van der Waals surface area contributed by atoms with Crippen LogP contribution < -0.4 is 5.32 Å². The van der Waals surface area contributed by atoms with Crippen LogP contribution in [0, 0.1) is 20.2 Å². The van der Waals surface area contributed by atoms with Crippen molar-refractivity contribution in [3.63, 3.8) is 0 Å². The quantitative estimate of drug-likeness (QED) is 0.532. The van der Waals surface area contributed by atoms with Crippen LogP contribution in [0.15, 0.2) is 48.5 Å². The van der Waals surface area contributed by atoms with Crippen molar-refractivity contribution in [2.75, 3.05) is 0 Å². The van der Waals surface area contributed by atoms with Gasteiger partial charge < -0.3 is 10.4 Å². The number of hydrogen-bond donors (Lipinski definition) is 2. The number of hydrogen-bond acceptors (Lipinski definition) is 6. The Balaban J connectivity index is 2.18. The van der Waals surface area contributed by atoms with Gasteiger partial charge in [0.05, 0.1) is 21.5 Å². The van der Waals surface area contributed by atoms with Crippen molar-refractivity contribution in [2.45, 2.75) is 18.9 Å². The van der Waals surface area contributed by atoms with Gasteiger partial charge in [0.2, 0.25) is 0 Å². The first kappa shape index (κ1) is 19.5. The van der Waals surface area contributed by atoms with Gasteiger partial charge in [-0.3, -0.25) is 25.0 Å². The van der Waals surface area contributed by atoms with E-state index in [-0.39, 0.29) is 12.0 Å². The molecule has 0 aliphatic carbocycles. The summed E-state index contributed by atoms with van der Waals surface area (Å²) in [6.07, 6.45) is 0.468. The second-order valence-electron chi connectivity index (χ2n) is 5.64. The lowest BCUT2D eigenvalue weighted by Gasteiger charge is -2.14. The average molecular weight is 373 g/mol. The van der Waals surface area contributed by atoms with Gasteiger partial charge in [-0.15, -0.1) is 0 Å². The molecule has 0 radical (unpaired) electrons. The lowest BCUT2D eigenvalue weighted by Crippen LogP contribution is -2.41. The molecule has 1 amide bonds. The van der Waals surface area contributed by atoms with Crippen molar-refractivity contribution < 1.29 is 24.5 Å². The number of nitrogens with one attached hydrogen (secondary N) is 1. The van der Waals surface area contributed by atoms with E-state index in [1.807, 2.05) is 18.2 Å². The highest BCUT2D eigenvalue weighted by molar-refractivity contribution is 5.97. The number of carbonyl (C=O) groups is 2. The summed E-state index contributed by atoms with van der Waals surface area (Å²) in [5.41, 5.74) is -0.748. The molecule has 0 bridgehead atoms. The summed E-state index contributed by atoms with van der Waals surface area (Å²) in [7, 11) is 0. The molecule has 2 N–H and O–H groups in total. The Morgan fingerprint density at radius 3 is 2.04 bits per heavy atom. The first-order valence-corrected chi connectivity index (χ1v) is 7.79. The zero-order chi connectivity index (χ0) is 20.0. The van der Waals surface area contributed by atoms with Crippen molar-refractivity contribution in [3.05, 3.63) is 79.9 Å². The van der Waals surface area contributed by atoms with Crippen molar-refractivity contribution in [1.82, 2.24) is 5.32 Å². The third kappa shape index (κ3) is 5.33. The molecule has 0 aliphatic heterocycles. The fourth-order valence-electron chi connectivity index (χ4n) is 2.39. The standard InChI is InChI=1S/C17H15N3O7/c21-16(12-8-13(19(24)25)10-14(9-12)20(26)27)18-15(17(22)23)7-6-11-4-2-1-3-5-11/h1-5,8-10,15H,6-7H2,(H,18,21)(H,22,23)/t15-/m0/s1. The van der Waals surface area contributed by atoms with Crippen LogP contribution in [0.5, 0.6) is 0 Å². The van der Waals surface area contributed by atoms with Gasteiger partial charge in [-0.1, -0.05) is 30.3 Å². The number of amides is 1. The number of aliphatic carboxylic acids is 1. The Bertz CT molecular complexity index is 851. The highest BCUT2D eigenvalue weighted by Gasteiger charge is 2.24. The van der Waals surface area contributed by atoms with Crippen LogP contribution in [-0.2, 0) is 11.2 Å². The van der Waals surface area contributed by atoms with E-state index in [9.17, 15) is 34.9 Å². The van der Waals surface area contributed by atoms with Crippen LogP contribution >= 0.6 is 0 Å². The van der Waals surface area contributed by atoms with Crippen LogP contribution in [0.2, 0.25) is 0 Å².